The van der Waals surface area contributed by atoms with Crippen molar-refractivity contribution in [3.8, 4) is 0 Å². The molecule has 3 unspecified atom stereocenters. The molecule has 3 atom stereocenters. The van der Waals surface area contributed by atoms with Crippen molar-refractivity contribution < 1.29 is 0 Å². The van der Waals surface area contributed by atoms with Gasteiger partial charge in [0.15, 0.2) is 0 Å². The van der Waals surface area contributed by atoms with Gasteiger partial charge >= 0.3 is 0 Å². The normalized spacial score (nSPS) is 25.5. The van der Waals surface area contributed by atoms with Crippen LogP contribution in [0, 0.1) is 18.8 Å². The molecule has 0 bridgehead atoms. The topological polar surface area (TPSA) is 12.4 Å². The molecule has 0 saturated heterocycles. The van der Waals surface area contributed by atoms with Crippen molar-refractivity contribution in [2.75, 3.05) is 0 Å². The van der Waals surface area contributed by atoms with E-state index in [0.29, 0.717) is 11.8 Å². The van der Waals surface area contributed by atoms with Crippen molar-refractivity contribution in [3.05, 3.63) is 112 Å². The average Bonchev–Trinajstić information content (AvgIpc) is 3.50. The van der Waals surface area contributed by atoms with Crippen LogP contribution in [-0.4, -0.2) is 5.71 Å². The Labute approximate surface area is 193 Å². The third-order valence-electron chi connectivity index (χ3n) is 7.37. The van der Waals surface area contributed by atoms with Gasteiger partial charge in [-0.2, -0.15) is 0 Å². The van der Waals surface area contributed by atoms with Gasteiger partial charge in [-0.1, -0.05) is 96.0 Å². The number of fused-ring (bicyclic) bond motifs is 2. The second kappa shape index (κ2) is 8.90. The molecule has 2 aromatic carbocycles. The molecule has 1 saturated carbocycles. The molecule has 1 fully saturated rings. The maximum atomic E-state index is 4.36. The summed E-state index contributed by atoms with van der Waals surface area (Å²) in [5.41, 5.74) is 11.5. The summed E-state index contributed by atoms with van der Waals surface area (Å²) >= 11 is 0. The van der Waals surface area contributed by atoms with Crippen molar-refractivity contribution in [2.45, 2.75) is 52.4 Å². The summed E-state index contributed by atoms with van der Waals surface area (Å²) in [6.07, 6.45) is 14.4. The average molecular weight is 420 g/mol. The molecule has 0 N–H and O–H groups in total. The van der Waals surface area contributed by atoms with E-state index in [4.69, 9.17) is 0 Å². The third-order valence-corrected chi connectivity index (χ3v) is 7.37. The fourth-order valence-corrected chi connectivity index (χ4v) is 5.63. The lowest BCUT2D eigenvalue weighted by atomic mass is 9.75. The number of rotatable bonds is 2. The van der Waals surface area contributed by atoms with Crippen LogP contribution in [-0.2, 0) is 0 Å². The van der Waals surface area contributed by atoms with E-state index in [1.54, 1.807) is 5.57 Å². The molecule has 32 heavy (non-hydrogen) atoms. The molecule has 1 heterocycles. The molecule has 162 valence electrons. The lowest BCUT2D eigenvalue weighted by molar-refractivity contribution is 0.480. The van der Waals surface area contributed by atoms with Crippen LogP contribution in [0.1, 0.15) is 62.1 Å². The van der Waals surface area contributed by atoms with E-state index in [1.165, 1.54) is 58.4 Å². The minimum atomic E-state index is 0.486. The highest BCUT2D eigenvalue weighted by atomic mass is 14.8. The van der Waals surface area contributed by atoms with Crippen LogP contribution in [0.5, 0.6) is 0 Å². The van der Waals surface area contributed by atoms with E-state index in [9.17, 15) is 0 Å². The molecule has 0 aromatic heterocycles. The Hall–Kier alpha value is -2.93. The zero-order chi connectivity index (χ0) is 22.1. The Morgan fingerprint density at radius 1 is 0.844 bits per heavy atom. The van der Waals surface area contributed by atoms with E-state index >= 15 is 0 Å². The van der Waals surface area contributed by atoms with Gasteiger partial charge in [0.1, 0.15) is 0 Å². The first-order valence-electron chi connectivity index (χ1n) is 12.0. The molecule has 2 aromatic rings. The van der Waals surface area contributed by atoms with Gasteiger partial charge in [0.25, 0.3) is 0 Å². The van der Waals surface area contributed by atoms with Crippen LogP contribution >= 0.6 is 0 Å². The molecule has 1 nitrogen and oxygen atoms in total. The Balaban J connectivity index is 0.000000136. The molecule has 0 radical (unpaired) electrons. The summed E-state index contributed by atoms with van der Waals surface area (Å²) in [7, 11) is 0. The maximum Gasteiger partial charge on any atom is 0.0387 e. The van der Waals surface area contributed by atoms with Crippen molar-refractivity contribution >= 4 is 11.3 Å². The molecule has 4 aliphatic rings. The van der Waals surface area contributed by atoms with E-state index < -0.39 is 0 Å². The van der Waals surface area contributed by atoms with E-state index in [1.807, 2.05) is 6.20 Å². The van der Waals surface area contributed by atoms with E-state index in [-0.39, 0.29) is 0 Å². The van der Waals surface area contributed by atoms with Crippen LogP contribution in [0.15, 0.2) is 101 Å². The molecule has 1 aliphatic heterocycles. The van der Waals surface area contributed by atoms with Gasteiger partial charge in [-0.15, -0.1) is 0 Å². The SMILES string of the molecule is CC1=CC2CCCC(c3ccc(C)cc3)C2=C1.CC1=NC=C2CC(c3ccccc3)=CC21. The molecule has 6 rings (SSSR count). The molecule has 0 amide bonds. The molecular formula is C31H33N. The van der Waals surface area contributed by atoms with Crippen LogP contribution in [0.4, 0.5) is 0 Å². The van der Waals surface area contributed by atoms with Gasteiger partial charge in [-0.3, -0.25) is 4.99 Å². The van der Waals surface area contributed by atoms with Crippen LogP contribution in [0.3, 0.4) is 0 Å². The number of hydrogen-bond donors (Lipinski definition) is 0. The lowest BCUT2D eigenvalue weighted by Crippen LogP contribution is -2.14. The quantitative estimate of drug-likeness (QED) is 0.465. The minimum absolute atomic E-state index is 0.486. The smallest absolute Gasteiger partial charge is 0.0387 e. The highest BCUT2D eigenvalue weighted by molar-refractivity contribution is 5.95. The third kappa shape index (κ3) is 4.21. The summed E-state index contributed by atoms with van der Waals surface area (Å²) < 4.78 is 0. The second-order valence-electron chi connectivity index (χ2n) is 9.74. The van der Waals surface area contributed by atoms with Gasteiger partial charge < -0.3 is 0 Å². The Kier molecular flexibility index (Phi) is 5.83. The summed E-state index contributed by atoms with van der Waals surface area (Å²) in [4.78, 5) is 4.36. The molecular weight excluding hydrogens is 386 g/mol. The molecule has 0 spiro atoms. The standard InChI is InChI=1S/C17H20.C14H13N/c1-12-6-8-14(9-7-12)16-5-3-4-15-10-13(2)11-17(15)16;1-10-14-8-12(7-13(14)9-15-10)11-5-3-2-4-6-11/h6-11,15-16H,3-5H2,1-2H3;2-6,8-9,14H,7H2,1H3. The van der Waals surface area contributed by atoms with Crippen LogP contribution in [0.25, 0.3) is 5.57 Å². The number of benzene rings is 2. The monoisotopic (exact) mass is 419 g/mol. The highest BCUT2D eigenvalue weighted by Crippen LogP contribution is 2.45. The van der Waals surface area contributed by atoms with Gasteiger partial charge in [0.2, 0.25) is 0 Å². The minimum Gasteiger partial charge on any atom is -0.265 e. The molecule has 1 heteroatoms. The van der Waals surface area contributed by atoms with Gasteiger partial charge in [-0.25, -0.2) is 0 Å². The Bertz CT molecular complexity index is 1140. The Morgan fingerprint density at radius 2 is 1.62 bits per heavy atom. The van der Waals surface area contributed by atoms with Crippen LogP contribution < -0.4 is 0 Å². The number of aliphatic imine (C=N–C) groups is 1. The van der Waals surface area contributed by atoms with Gasteiger partial charge in [0, 0.05) is 23.7 Å². The zero-order valence-electron chi connectivity index (χ0n) is 19.5. The van der Waals surface area contributed by atoms with Gasteiger partial charge in [-0.05, 0) is 68.2 Å². The lowest BCUT2D eigenvalue weighted by Gasteiger charge is -2.29. The van der Waals surface area contributed by atoms with Crippen molar-refractivity contribution in [1.29, 1.82) is 0 Å². The highest BCUT2D eigenvalue weighted by Gasteiger charge is 2.30. The molecule has 3 aliphatic carbocycles. The fraction of sp³-hybridized carbons (Fsp3) is 0.323. The predicted molar refractivity (Wildman–Crippen MR) is 137 cm³/mol. The second-order valence-corrected chi connectivity index (χ2v) is 9.74. The van der Waals surface area contributed by atoms with Crippen molar-refractivity contribution in [3.63, 3.8) is 0 Å². The summed E-state index contributed by atoms with van der Waals surface area (Å²) in [6.45, 7) is 6.50. The predicted octanol–water partition coefficient (Wildman–Crippen LogP) is 8.21. The van der Waals surface area contributed by atoms with Crippen molar-refractivity contribution in [2.24, 2.45) is 16.8 Å². The van der Waals surface area contributed by atoms with Gasteiger partial charge in [0.05, 0.1) is 0 Å². The number of aryl methyl sites for hydroxylation is 1. The Morgan fingerprint density at radius 3 is 2.38 bits per heavy atom. The fourth-order valence-electron chi connectivity index (χ4n) is 5.63. The zero-order valence-corrected chi connectivity index (χ0v) is 19.5. The number of nitrogens with zero attached hydrogens (tertiary/aromatic N) is 1. The van der Waals surface area contributed by atoms with Crippen molar-refractivity contribution in [1.82, 2.24) is 0 Å². The number of hydrogen-bond acceptors (Lipinski definition) is 1. The van der Waals surface area contributed by atoms with E-state index in [0.717, 1.165) is 12.3 Å². The first-order valence-corrected chi connectivity index (χ1v) is 12.0. The number of allylic oxidation sites excluding steroid dienone is 7. The maximum absolute atomic E-state index is 4.36. The largest absolute Gasteiger partial charge is 0.265 e. The van der Waals surface area contributed by atoms with Crippen LogP contribution in [0.2, 0.25) is 0 Å². The summed E-state index contributed by atoms with van der Waals surface area (Å²) in [5, 5.41) is 0. The van der Waals surface area contributed by atoms with E-state index in [2.05, 4.69) is 98.6 Å². The first kappa shape index (κ1) is 20.9. The first-order chi connectivity index (χ1) is 15.6. The summed E-state index contributed by atoms with van der Waals surface area (Å²) in [5.74, 6) is 1.89. The summed E-state index contributed by atoms with van der Waals surface area (Å²) in [6, 6.07) is 19.7.